The molecule has 0 radical (unpaired) electrons. The van der Waals surface area contributed by atoms with Crippen LogP contribution in [0.4, 0.5) is 5.69 Å². The Kier molecular flexibility index (Phi) is 12.5. The second-order valence-corrected chi connectivity index (χ2v) is 24.1. The Bertz CT molecular complexity index is 1740. The topological polar surface area (TPSA) is 94.2 Å². The van der Waals surface area contributed by atoms with Crippen molar-refractivity contribution in [1.82, 2.24) is 4.72 Å². The third-order valence-corrected chi connectivity index (χ3v) is 18.9. The molecule has 1 aliphatic carbocycles. The van der Waals surface area contributed by atoms with Gasteiger partial charge in [-0.2, -0.15) is 0 Å². The van der Waals surface area contributed by atoms with Gasteiger partial charge in [0.1, 0.15) is 5.75 Å². The lowest BCUT2D eigenvalue weighted by atomic mass is 9.70. The molecule has 2 aliphatic heterocycles. The molecule has 5 rings (SSSR count). The summed E-state index contributed by atoms with van der Waals surface area (Å²) in [5.41, 5.74) is 3.22. The van der Waals surface area contributed by atoms with E-state index in [0.717, 1.165) is 36.4 Å². The highest BCUT2D eigenvalue weighted by Crippen LogP contribution is 2.46. The first kappa shape index (κ1) is 40.5. The maximum Gasteiger partial charge on any atom is 0.264 e. The first-order valence-electron chi connectivity index (χ1n) is 18.8. The van der Waals surface area contributed by atoms with E-state index in [9.17, 15) is 13.2 Å². The molecule has 11 heteroatoms. The lowest BCUT2D eigenvalue weighted by Gasteiger charge is -2.42. The molecule has 1 fully saturated rings. The Labute approximate surface area is 318 Å². The van der Waals surface area contributed by atoms with E-state index >= 15 is 0 Å². The minimum atomic E-state index is -3.93. The van der Waals surface area contributed by atoms with Crippen LogP contribution in [0.25, 0.3) is 0 Å². The number of ether oxygens (including phenoxy) is 2. The van der Waals surface area contributed by atoms with Crippen LogP contribution in [-0.4, -0.2) is 66.9 Å². The maximum atomic E-state index is 13.6. The van der Waals surface area contributed by atoms with E-state index in [0.29, 0.717) is 45.1 Å². The smallest absolute Gasteiger partial charge is 0.264 e. The number of sulfonamides is 1. The quantitative estimate of drug-likeness (QED) is 0.161. The van der Waals surface area contributed by atoms with Crippen LogP contribution in [0.1, 0.15) is 81.8 Å². The van der Waals surface area contributed by atoms with Gasteiger partial charge in [-0.05, 0) is 105 Å². The number of allylic oxidation sites excluding steroid dienone is 1. The van der Waals surface area contributed by atoms with Crippen LogP contribution < -0.4 is 14.4 Å². The van der Waals surface area contributed by atoms with Crippen molar-refractivity contribution in [3.05, 3.63) is 83.4 Å². The van der Waals surface area contributed by atoms with Crippen LogP contribution in [-0.2, 0) is 31.0 Å². The van der Waals surface area contributed by atoms with E-state index < -0.39 is 29.5 Å². The molecule has 8 nitrogen and oxygen atoms in total. The molecule has 1 unspecified atom stereocenters. The number of nitrogens with one attached hydrogen (secondary N) is 1. The second kappa shape index (κ2) is 16.0. The minimum Gasteiger partial charge on any atom is -0.490 e. The summed E-state index contributed by atoms with van der Waals surface area (Å²) < 4.78 is 48.7. The number of benzene rings is 2. The summed E-state index contributed by atoms with van der Waals surface area (Å²) >= 11 is 6.48. The highest BCUT2D eigenvalue weighted by Gasteiger charge is 2.45. The lowest BCUT2D eigenvalue weighted by Crippen LogP contribution is -2.48. The largest absolute Gasteiger partial charge is 0.490 e. The van der Waals surface area contributed by atoms with Gasteiger partial charge in [0, 0.05) is 54.1 Å². The van der Waals surface area contributed by atoms with Crippen molar-refractivity contribution in [2.75, 3.05) is 37.8 Å². The zero-order valence-corrected chi connectivity index (χ0v) is 34.7. The van der Waals surface area contributed by atoms with Gasteiger partial charge in [0.25, 0.3) is 5.91 Å². The molecule has 52 heavy (non-hydrogen) atoms. The van der Waals surface area contributed by atoms with Gasteiger partial charge in [-0.1, -0.05) is 57.5 Å². The van der Waals surface area contributed by atoms with Crippen molar-refractivity contribution < 1.29 is 27.1 Å². The number of anilines is 1. The molecule has 1 amide bonds. The fraction of sp³-hybridized carbons (Fsp3) is 0.585. The maximum absolute atomic E-state index is 13.6. The van der Waals surface area contributed by atoms with Crippen LogP contribution >= 0.6 is 11.6 Å². The van der Waals surface area contributed by atoms with E-state index in [-0.39, 0.29) is 39.9 Å². The zero-order chi connectivity index (χ0) is 38.1. The summed E-state index contributed by atoms with van der Waals surface area (Å²) in [6.45, 7) is 25.7. The van der Waals surface area contributed by atoms with Crippen LogP contribution in [0.3, 0.4) is 0 Å². The first-order chi connectivity index (χ1) is 24.4. The van der Waals surface area contributed by atoms with Crippen LogP contribution in [0.2, 0.25) is 23.2 Å². The summed E-state index contributed by atoms with van der Waals surface area (Å²) in [5, 5.41) is 0.0444. The summed E-state index contributed by atoms with van der Waals surface area (Å²) in [7, 11) is -5.93. The van der Waals surface area contributed by atoms with Crippen molar-refractivity contribution in [2.45, 2.75) is 102 Å². The molecular formula is C41H59ClN2O6SSi. The number of hydrogen-bond donors (Lipinski definition) is 1. The number of hydrogen-bond acceptors (Lipinski definition) is 7. The number of aryl methyl sites for hydroxylation is 1. The molecule has 0 bridgehead atoms. The van der Waals surface area contributed by atoms with Crippen molar-refractivity contribution >= 4 is 41.5 Å². The third kappa shape index (κ3) is 8.67. The van der Waals surface area contributed by atoms with Gasteiger partial charge in [0.2, 0.25) is 10.0 Å². The monoisotopic (exact) mass is 770 g/mol. The number of halogens is 1. The van der Waals surface area contributed by atoms with Gasteiger partial charge in [-0.25, -0.2) is 13.1 Å². The fourth-order valence-electron chi connectivity index (χ4n) is 7.72. The van der Waals surface area contributed by atoms with E-state index in [4.69, 9.17) is 25.5 Å². The van der Waals surface area contributed by atoms with Crippen LogP contribution in [0.15, 0.2) is 61.7 Å². The van der Waals surface area contributed by atoms with Crippen molar-refractivity contribution in [1.29, 1.82) is 0 Å². The van der Waals surface area contributed by atoms with Gasteiger partial charge < -0.3 is 18.8 Å². The molecule has 1 spiro atoms. The molecule has 1 N–H and O–H groups in total. The number of carbonyl (C=O) groups excluding carboxylic acids is 1. The normalized spacial score (nSPS) is 23.8. The number of fused-ring (bicyclic) bond motifs is 3. The molecule has 0 saturated carbocycles. The van der Waals surface area contributed by atoms with E-state index in [1.54, 1.807) is 31.2 Å². The van der Waals surface area contributed by atoms with E-state index in [1.165, 1.54) is 11.1 Å². The Hall–Kier alpha value is -2.63. The van der Waals surface area contributed by atoms with Crippen LogP contribution in [0.5, 0.6) is 5.75 Å². The highest BCUT2D eigenvalue weighted by atomic mass is 35.5. The van der Waals surface area contributed by atoms with E-state index in [2.05, 4.69) is 68.8 Å². The second-order valence-electron chi connectivity index (χ2n) is 16.8. The number of amides is 1. The van der Waals surface area contributed by atoms with Gasteiger partial charge in [-0.3, -0.25) is 4.79 Å². The predicted octanol–water partition coefficient (Wildman–Crippen LogP) is 8.70. The summed E-state index contributed by atoms with van der Waals surface area (Å²) in [6, 6.07) is 11.4. The van der Waals surface area contributed by atoms with Crippen molar-refractivity contribution in [3.8, 4) is 5.75 Å². The van der Waals surface area contributed by atoms with Gasteiger partial charge in [-0.15, -0.1) is 13.2 Å². The Morgan fingerprint density at radius 1 is 1.19 bits per heavy atom. The van der Waals surface area contributed by atoms with Crippen molar-refractivity contribution in [2.24, 2.45) is 17.8 Å². The third-order valence-electron chi connectivity index (χ3n) is 12.2. The van der Waals surface area contributed by atoms with Crippen LogP contribution in [0, 0.1) is 17.8 Å². The zero-order valence-electron chi connectivity index (χ0n) is 32.2. The lowest BCUT2D eigenvalue weighted by molar-refractivity contribution is 0.0391. The molecule has 0 aromatic heterocycles. The summed E-state index contributed by atoms with van der Waals surface area (Å²) in [5.74, 6) is -0.0108. The Morgan fingerprint density at radius 3 is 2.63 bits per heavy atom. The molecular weight excluding hydrogens is 712 g/mol. The first-order valence-corrected chi connectivity index (χ1v) is 23.6. The summed E-state index contributed by atoms with van der Waals surface area (Å²) in [4.78, 5) is 16.0. The average molecular weight is 772 g/mol. The summed E-state index contributed by atoms with van der Waals surface area (Å²) in [6.07, 6.45) is 7.91. The number of nitrogens with zero attached hydrogens (tertiary/aromatic N) is 1. The predicted molar refractivity (Wildman–Crippen MR) is 215 cm³/mol. The number of carbonyl (C=O) groups is 1. The number of rotatable bonds is 13. The molecule has 286 valence electrons. The molecule has 2 heterocycles. The van der Waals surface area contributed by atoms with E-state index in [1.807, 2.05) is 19.1 Å². The Balaban J connectivity index is 1.49. The van der Waals surface area contributed by atoms with Gasteiger partial charge in [0.15, 0.2) is 8.32 Å². The Morgan fingerprint density at radius 2 is 1.94 bits per heavy atom. The molecule has 2 aromatic rings. The highest BCUT2D eigenvalue weighted by molar-refractivity contribution is 7.90. The average Bonchev–Trinajstić information content (AvgIpc) is 3.47. The van der Waals surface area contributed by atoms with Crippen molar-refractivity contribution in [3.63, 3.8) is 0 Å². The molecule has 6 atom stereocenters. The van der Waals surface area contributed by atoms with Gasteiger partial charge in [0.05, 0.1) is 23.6 Å². The van der Waals surface area contributed by atoms with Gasteiger partial charge >= 0.3 is 0 Å². The minimum absolute atomic E-state index is 0.0172. The standard InChI is InChI=1S/C41H59ClN2O6SSi/c1-10-13-28(3)29(4)51(46,47)43-39(45)32-15-18-37-36(23-32)44(26-41(27-49-37)20-12-14-31-22-34(42)16-17-35(31)41)24-33-19-21-48-38(33)30(11-2)25-50-52(8,9)40(5,6)7/h10-11,15-18,22-23,28-30,33,38H,1-2,12-14,19-21,24-27H2,3-9H3,(H,43,45)/t28-,29+,30?,33-,38-,41-/m0/s1. The SMILES string of the molecule is C=CC[C@H](C)[C@@H](C)S(=O)(=O)NC(=O)c1ccc2c(c1)N(C[C@@H]1CCO[C@H]1C(C=C)CO[Si](C)(C)C(C)(C)C)C[C@@]1(CCCc3cc(Cl)ccc31)CO2. The molecule has 2 aromatic carbocycles. The fourth-order valence-corrected chi connectivity index (χ4v) is 10.2. The molecule has 3 aliphatic rings. The molecule has 1 saturated heterocycles.